The van der Waals surface area contributed by atoms with Crippen LogP contribution in [0.1, 0.15) is 47.2 Å². The van der Waals surface area contributed by atoms with Crippen molar-refractivity contribution >= 4 is 17.7 Å². The van der Waals surface area contributed by atoms with Crippen molar-refractivity contribution in [1.82, 2.24) is 15.5 Å². The van der Waals surface area contributed by atoms with Crippen molar-refractivity contribution in [2.75, 3.05) is 5.75 Å². The van der Waals surface area contributed by atoms with Crippen LogP contribution in [0, 0.1) is 13.8 Å². The van der Waals surface area contributed by atoms with E-state index in [4.69, 9.17) is 4.52 Å². The Bertz CT molecular complexity index is 675. The molecule has 0 atom stereocenters. The number of rotatable bonds is 7. The Kier molecular flexibility index (Phi) is 5.00. The molecule has 0 bridgehead atoms. The number of hydrogen-bond donors (Lipinski definition) is 1. The minimum absolute atomic E-state index is 0.00264. The molecule has 1 fully saturated rings. The van der Waals surface area contributed by atoms with Gasteiger partial charge in [-0.3, -0.25) is 4.79 Å². The fourth-order valence-corrected chi connectivity index (χ4v) is 3.27. The predicted octanol–water partition coefficient (Wildman–Crippen LogP) is 3.11. The van der Waals surface area contributed by atoms with E-state index in [0.29, 0.717) is 29.9 Å². The van der Waals surface area contributed by atoms with Crippen LogP contribution in [0.4, 0.5) is 0 Å². The summed E-state index contributed by atoms with van der Waals surface area (Å²) in [6, 6.07) is 6.48. The van der Waals surface area contributed by atoms with Crippen molar-refractivity contribution in [3.8, 4) is 0 Å². The highest BCUT2D eigenvalue weighted by Crippen LogP contribution is 2.38. The van der Waals surface area contributed by atoms with Crippen molar-refractivity contribution in [1.29, 1.82) is 0 Å². The highest BCUT2D eigenvalue weighted by molar-refractivity contribution is 7.99. The number of hydrogen-bond acceptors (Lipinski definition) is 5. The maximum absolute atomic E-state index is 11.9. The van der Waals surface area contributed by atoms with E-state index >= 15 is 0 Å². The zero-order chi connectivity index (χ0) is 16.2. The molecule has 1 N–H and O–H groups in total. The normalized spacial score (nSPS) is 14.0. The van der Waals surface area contributed by atoms with Gasteiger partial charge in [-0.05, 0) is 32.3 Å². The van der Waals surface area contributed by atoms with E-state index < -0.39 is 0 Å². The minimum atomic E-state index is -0.00264. The van der Waals surface area contributed by atoms with Crippen LogP contribution in [0.2, 0.25) is 0 Å². The summed E-state index contributed by atoms with van der Waals surface area (Å²) in [5, 5.41) is 6.72. The van der Waals surface area contributed by atoms with E-state index in [-0.39, 0.29) is 5.91 Å². The lowest BCUT2D eigenvalue weighted by Gasteiger charge is -2.05. The Balaban J connectivity index is 1.38. The summed E-state index contributed by atoms with van der Waals surface area (Å²) in [4.78, 5) is 16.2. The molecule has 0 spiro atoms. The van der Waals surface area contributed by atoms with Gasteiger partial charge in [-0.1, -0.05) is 34.5 Å². The largest absolute Gasteiger partial charge is 0.348 e. The molecule has 0 saturated heterocycles. The van der Waals surface area contributed by atoms with E-state index in [1.54, 1.807) is 11.8 Å². The van der Waals surface area contributed by atoms with Gasteiger partial charge in [0.15, 0.2) is 5.82 Å². The van der Waals surface area contributed by atoms with Gasteiger partial charge in [0.1, 0.15) is 0 Å². The van der Waals surface area contributed by atoms with E-state index in [9.17, 15) is 4.79 Å². The molecule has 1 aromatic heterocycles. The standard InChI is InChI=1S/C17H21N3O2S/c1-11-5-12(2)7-13(6-11)9-23-10-16(21)18-8-15-19-17(22-20-15)14-3-4-14/h5-7,14H,3-4,8-10H2,1-2H3,(H,18,21). The fraction of sp³-hybridized carbons (Fsp3) is 0.471. The number of nitrogens with zero attached hydrogens (tertiary/aromatic N) is 2. The van der Waals surface area contributed by atoms with Crippen molar-refractivity contribution in [3.05, 3.63) is 46.6 Å². The summed E-state index contributed by atoms with van der Waals surface area (Å²) >= 11 is 1.61. The molecule has 0 radical (unpaired) electrons. The molecule has 122 valence electrons. The third-order valence-electron chi connectivity index (χ3n) is 3.64. The molecule has 23 heavy (non-hydrogen) atoms. The van der Waals surface area contributed by atoms with Gasteiger partial charge in [0.05, 0.1) is 12.3 Å². The first-order valence-corrected chi connectivity index (χ1v) is 9.00. The second-order valence-electron chi connectivity index (χ2n) is 6.09. The Morgan fingerprint density at radius 2 is 2.04 bits per heavy atom. The quantitative estimate of drug-likeness (QED) is 0.844. The van der Waals surface area contributed by atoms with Gasteiger partial charge in [0.25, 0.3) is 0 Å². The summed E-state index contributed by atoms with van der Waals surface area (Å²) in [6.45, 7) is 4.52. The van der Waals surface area contributed by atoms with Crippen molar-refractivity contribution in [3.63, 3.8) is 0 Å². The van der Waals surface area contributed by atoms with Gasteiger partial charge in [0, 0.05) is 11.7 Å². The number of thioether (sulfide) groups is 1. The summed E-state index contributed by atoms with van der Waals surface area (Å²) in [5.41, 5.74) is 3.77. The number of amides is 1. The Morgan fingerprint density at radius 1 is 1.30 bits per heavy atom. The molecule has 1 aliphatic carbocycles. The number of aromatic nitrogens is 2. The maximum Gasteiger partial charge on any atom is 0.230 e. The summed E-state index contributed by atoms with van der Waals surface area (Å²) < 4.78 is 5.16. The zero-order valence-corrected chi connectivity index (χ0v) is 14.3. The molecule has 2 aromatic rings. The lowest BCUT2D eigenvalue weighted by Crippen LogP contribution is -2.25. The van der Waals surface area contributed by atoms with Crippen LogP contribution in [0.25, 0.3) is 0 Å². The molecular formula is C17H21N3O2S. The van der Waals surface area contributed by atoms with Gasteiger partial charge in [-0.2, -0.15) is 4.98 Å². The molecule has 0 unspecified atom stereocenters. The fourth-order valence-electron chi connectivity index (χ4n) is 2.48. The lowest BCUT2D eigenvalue weighted by molar-refractivity contribution is -0.118. The smallest absolute Gasteiger partial charge is 0.230 e. The predicted molar refractivity (Wildman–Crippen MR) is 90.2 cm³/mol. The molecule has 0 aliphatic heterocycles. The molecule has 1 heterocycles. The highest BCUT2D eigenvalue weighted by Gasteiger charge is 2.29. The number of benzene rings is 1. The number of carbonyl (C=O) groups excluding carboxylic acids is 1. The maximum atomic E-state index is 11.9. The van der Waals surface area contributed by atoms with Crippen molar-refractivity contribution in [2.45, 2.75) is 44.9 Å². The van der Waals surface area contributed by atoms with Gasteiger partial charge in [-0.25, -0.2) is 0 Å². The monoisotopic (exact) mass is 331 g/mol. The van der Waals surface area contributed by atoms with Gasteiger partial charge < -0.3 is 9.84 Å². The summed E-state index contributed by atoms with van der Waals surface area (Å²) in [5.74, 6) is 2.97. The molecule has 5 nitrogen and oxygen atoms in total. The molecule has 6 heteroatoms. The minimum Gasteiger partial charge on any atom is -0.348 e. The van der Waals surface area contributed by atoms with Gasteiger partial charge >= 0.3 is 0 Å². The van der Waals surface area contributed by atoms with Crippen molar-refractivity contribution in [2.24, 2.45) is 0 Å². The summed E-state index contributed by atoms with van der Waals surface area (Å²) in [7, 11) is 0. The lowest BCUT2D eigenvalue weighted by atomic mass is 10.1. The van der Waals surface area contributed by atoms with Crippen LogP contribution >= 0.6 is 11.8 Å². The van der Waals surface area contributed by atoms with Gasteiger partial charge in [0.2, 0.25) is 11.8 Å². The first kappa shape index (κ1) is 16.1. The average molecular weight is 331 g/mol. The first-order chi connectivity index (χ1) is 11.1. The molecule has 1 aromatic carbocycles. The van der Waals surface area contributed by atoms with Crippen LogP contribution < -0.4 is 5.32 Å². The second kappa shape index (κ2) is 7.17. The van der Waals surface area contributed by atoms with E-state index in [1.807, 2.05) is 0 Å². The number of carbonyl (C=O) groups is 1. The third-order valence-corrected chi connectivity index (χ3v) is 4.64. The van der Waals surface area contributed by atoms with Crippen LogP contribution in [-0.2, 0) is 17.1 Å². The molecule has 3 rings (SSSR count). The van der Waals surface area contributed by atoms with Gasteiger partial charge in [-0.15, -0.1) is 11.8 Å². The van der Waals surface area contributed by atoms with Crippen molar-refractivity contribution < 1.29 is 9.32 Å². The molecular weight excluding hydrogens is 310 g/mol. The van der Waals surface area contributed by atoms with E-state index in [2.05, 4.69) is 47.5 Å². The SMILES string of the molecule is Cc1cc(C)cc(CSCC(=O)NCc2noc(C3CC3)n2)c1. The Hall–Kier alpha value is -1.82. The number of aryl methyl sites for hydroxylation is 2. The third kappa shape index (κ3) is 4.82. The van der Waals surface area contributed by atoms with Crippen LogP contribution in [-0.4, -0.2) is 21.8 Å². The first-order valence-electron chi connectivity index (χ1n) is 7.84. The molecule has 1 saturated carbocycles. The Labute approximate surface area is 140 Å². The molecule has 1 aliphatic rings. The van der Waals surface area contributed by atoms with Crippen LogP contribution in [0.15, 0.2) is 22.7 Å². The van der Waals surface area contributed by atoms with Crippen LogP contribution in [0.5, 0.6) is 0 Å². The zero-order valence-electron chi connectivity index (χ0n) is 13.5. The average Bonchev–Trinajstić information content (AvgIpc) is 3.23. The number of nitrogens with one attached hydrogen (secondary N) is 1. The second-order valence-corrected chi connectivity index (χ2v) is 7.07. The van der Waals surface area contributed by atoms with Crippen LogP contribution in [0.3, 0.4) is 0 Å². The highest BCUT2D eigenvalue weighted by atomic mass is 32.2. The summed E-state index contributed by atoms with van der Waals surface area (Å²) in [6.07, 6.45) is 2.26. The van der Waals surface area contributed by atoms with E-state index in [1.165, 1.54) is 16.7 Å². The topological polar surface area (TPSA) is 68.0 Å². The molecule has 1 amide bonds. The van der Waals surface area contributed by atoms with E-state index in [0.717, 1.165) is 18.6 Å². The Morgan fingerprint density at radius 3 is 2.74 bits per heavy atom.